The number of hydrogen-bond acceptors (Lipinski definition) is 0. The van der Waals surface area contributed by atoms with Gasteiger partial charge in [0.15, 0.2) is 7.38 Å². The van der Waals surface area contributed by atoms with Gasteiger partial charge in [0.05, 0.1) is 0 Å². The molecule has 18 heavy (non-hydrogen) atoms. The summed E-state index contributed by atoms with van der Waals surface area (Å²) >= 11 is 6.74. The zero-order valence-electron chi connectivity index (χ0n) is 11.8. The summed E-state index contributed by atoms with van der Waals surface area (Å²) in [7, 11) is -1.70. The van der Waals surface area contributed by atoms with Crippen LogP contribution in [0.25, 0.3) is 0 Å². The van der Waals surface area contributed by atoms with Crippen molar-refractivity contribution in [2.24, 2.45) is 5.92 Å². The predicted molar refractivity (Wildman–Crippen MR) is 84.5 cm³/mol. The second-order valence-electron chi connectivity index (χ2n) is 5.94. The third kappa shape index (κ3) is 2.57. The lowest BCUT2D eigenvalue weighted by molar-refractivity contribution is 0.668. The number of halogens is 1. The van der Waals surface area contributed by atoms with Gasteiger partial charge in [-0.05, 0) is 24.5 Å². The lowest BCUT2D eigenvalue weighted by Gasteiger charge is -2.26. The minimum absolute atomic E-state index is 0.490. The number of hydrogen-bond donors (Lipinski definition) is 0. The number of allylic oxidation sites excluding steroid dienone is 8. The van der Waals surface area contributed by atoms with E-state index in [-0.39, 0.29) is 0 Å². The Morgan fingerprint density at radius 2 is 1.94 bits per heavy atom. The van der Waals surface area contributed by atoms with Crippen molar-refractivity contribution >= 4 is 18.5 Å². The van der Waals surface area contributed by atoms with E-state index >= 15 is 0 Å². The molecule has 0 aromatic carbocycles. The predicted octanol–water partition coefficient (Wildman–Crippen LogP) is 5.60. The van der Waals surface area contributed by atoms with Crippen LogP contribution in [0.2, 0.25) is 18.6 Å². The summed E-state index contributed by atoms with van der Waals surface area (Å²) in [5.74, 6) is 0.577. The van der Waals surface area contributed by atoms with Crippen molar-refractivity contribution in [1.82, 2.24) is 0 Å². The Bertz CT molecular complexity index is 446. The quantitative estimate of drug-likeness (QED) is 0.466. The van der Waals surface area contributed by atoms with Crippen molar-refractivity contribution in [1.29, 1.82) is 0 Å². The van der Waals surface area contributed by atoms with Gasteiger partial charge in [0, 0.05) is 11.5 Å². The molecular weight excluding hydrogens is 256 g/mol. The first kappa shape index (κ1) is 13.9. The fourth-order valence-corrected chi connectivity index (χ4v) is 6.31. The Morgan fingerprint density at radius 1 is 1.22 bits per heavy atom. The Kier molecular flexibility index (Phi) is 4.03. The van der Waals surface area contributed by atoms with E-state index in [1.54, 1.807) is 0 Å². The third-order valence-corrected chi connectivity index (χ3v) is 6.69. The molecule has 0 saturated carbocycles. The first-order valence-electron chi connectivity index (χ1n) is 6.91. The monoisotopic (exact) mass is 278 g/mol. The summed E-state index contributed by atoms with van der Waals surface area (Å²) in [5, 5.41) is 0. The van der Waals surface area contributed by atoms with Crippen LogP contribution in [0.3, 0.4) is 0 Å². The van der Waals surface area contributed by atoms with E-state index in [0.29, 0.717) is 11.5 Å². The molecule has 2 aliphatic rings. The van der Waals surface area contributed by atoms with Gasteiger partial charge >= 0.3 is 0 Å². The topological polar surface area (TPSA) is 0 Å². The highest BCUT2D eigenvalue weighted by atomic mass is 35.6. The Balaban J connectivity index is 2.43. The van der Waals surface area contributed by atoms with Crippen molar-refractivity contribution in [3.8, 4) is 0 Å². The first-order valence-corrected chi connectivity index (χ1v) is 11.0. The molecule has 2 rings (SSSR count). The van der Waals surface area contributed by atoms with Crippen LogP contribution in [0.1, 0.15) is 26.7 Å². The summed E-state index contributed by atoms with van der Waals surface area (Å²) in [6.45, 7) is 9.02. The molecule has 0 saturated heterocycles. The second kappa shape index (κ2) is 5.22. The summed E-state index contributed by atoms with van der Waals surface area (Å²) in [6.07, 6.45) is 13.9. The molecule has 0 fully saturated rings. The highest BCUT2D eigenvalue weighted by molar-refractivity contribution is 7.20. The van der Waals surface area contributed by atoms with Gasteiger partial charge in [-0.2, -0.15) is 11.1 Å². The standard InChI is InChI=1S/C16H23ClSi/c1-5-8-13-9-6-7-10-14-15(13)11-12(2)16(14)18(3,4)17/h6-7,9-11,13,16H,5,8H2,1-4H3. The maximum absolute atomic E-state index is 6.74. The van der Waals surface area contributed by atoms with Crippen LogP contribution in [0.4, 0.5) is 0 Å². The Morgan fingerprint density at radius 3 is 2.56 bits per heavy atom. The van der Waals surface area contributed by atoms with E-state index in [2.05, 4.69) is 57.3 Å². The van der Waals surface area contributed by atoms with Gasteiger partial charge in [0.1, 0.15) is 0 Å². The molecule has 0 amide bonds. The molecule has 0 aliphatic heterocycles. The van der Waals surface area contributed by atoms with E-state index in [1.807, 2.05) is 0 Å². The van der Waals surface area contributed by atoms with Crippen LogP contribution in [0, 0.1) is 5.92 Å². The molecule has 0 spiro atoms. The van der Waals surface area contributed by atoms with Crippen LogP contribution < -0.4 is 0 Å². The van der Waals surface area contributed by atoms with Crippen molar-refractivity contribution in [3.63, 3.8) is 0 Å². The normalized spacial score (nSPS) is 27.3. The van der Waals surface area contributed by atoms with Gasteiger partial charge in [-0.25, -0.2) is 0 Å². The largest absolute Gasteiger partial charge is 0.167 e. The highest BCUT2D eigenvalue weighted by Crippen LogP contribution is 2.48. The van der Waals surface area contributed by atoms with Gasteiger partial charge in [0.25, 0.3) is 0 Å². The van der Waals surface area contributed by atoms with Crippen molar-refractivity contribution < 1.29 is 0 Å². The molecule has 2 heteroatoms. The molecule has 2 unspecified atom stereocenters. The number of rotatable bonds is 3. The lowest BCUT2D eigenvalue weighted by atomic mass is 9.93. The van der Waals surface area contributed by atoms with E-state index in [1.165, 1.54) is 29.6 Å². The molecule has 0 bridgehead atoms. The van der Waals surface area contributed by atoms with Crippen molar-refractivity contribution in [2.45, 2.75) is 45.3 Å². The molecule has 2 aliphatic carbocycles. The van der Waals surface area contributed by atoms with Crippen LogP contribution in [-0.4, -0.2) is 7.38 Å². The smallest absolute Gasteiger partial charge is 0.161 e. The summed E-state index contributed by atoms with van der Waals surface area (Å²) < 4.78 is 0. The summed E-state index contributed by atoms with van der Waals surface area (Å²) in [5.41, 5.74) is 4.96. The van der Waals surface area contributed by atoms with Crippen LogP contribution >= 0.6 is 11.1 Å². The molecule has 0 aromatic heterocycles. The molecular formula is C16H23ClSi. The zero-order chi connectivity index (χ0) is 13.3. The Hall–Kier alpha value is -0.533. The van der Waals surface area contributed by atoms with Gasteiger partial charge in [-0.1, -0.05) is 62.4 Å². The minimum atomic E-state index is -1.70. The molecule has 0 N–H and O–H groups in total. The average molecular weight is 279 g/mol. The van der Waals surface area contributed by atoms with E-state index in [0.717, 1.165) is 0 Å². The average Bonchev–Trinajstić information content (AvgIpc) is 2.48. The maximum atomic E-state index is 6.74. The lowest BCUT2D eigenvalue weighted by Crippen LogP contribution is -2.26. The first-order chi connectivity index (χ1) is 8.45. The van der Waals surface area contributed by atoms with Crippen LogP contribution in [-0.2, 0) is 0 Å². The van der Waals surface area contributed by atoms with Gasteiger partial charge < -0.3 is 0 Å². The van der Waals surface area contributed by atoms with E-state index in [4.69, 9.17) is 11.1 Å². The Labute approximate surface area is 117 Å². The molecule has 0 radical (unpaired) electrons. The molecule has 2 atom stereocenters. The molecule has 98 valence electrons. The SMILES string of the molecule is CCCC1C=CC=CC2=C1C=C(C)C2[Si](C)(C)Cl. The van der Waals surface area contributed by atoms with Gasteiger partial charge in [-0.15, -0.1) is 0 Å². The zero-order valence-corrected chi connectivity index (χ0v) is 13.6. The highest BCUT2D eigenvalue weighted by Gasteiger charge is 2.38. The maximum Gasteiger partial charge on any atom is 0.161 e. The van der Waals surface area contributed by atoms with Crippen molar-refractivity contribution in [2.75, 3.05) is 0 Å². The second-order valence-corrected chi connectivity index (χ2v) is 12.6. The van der Waals surface area contributed by atoms with E-state index in [9.17, 15) is 0 Å². The van der Waals surface area contributed by atoms with E-state index < -0.39 is 7.38 Å². The van der Waals surface area contributed by atoms with Crippen LogP contribution in [0.15, 0.2) is 47.1 Å². The van der Waals surface area contributed by atoms with Gasteiger partial charge in [-0.3, -0.25) is 0 Å². The van der Waals surface area contributed by atoms with Crippen LogP contribution in [0.5, 0.6) is 0 Å². The summed E-state index contributed by atoms with van der Waals surface area (Å²) in [6, 6.07) is 0. The van der Waals surface area contributed by atoms with Crippen molar-refractivity contribution in [3.05, 3.63) is 47.1 Å². The summed E-state index contributed by atoms with van der Waals surface area (Å²) in [4.78, 5) is 0. The molecule has 0 aromatic rings. The third-order valence-electron chi connectivity index (χ3n) is 3.90. The van der Waals surface area contributed by atoms with Gasteiger partial charge in [0.2, 0.25) is 0 Å². The molecule has 0 nitrogen and oxygen atoms in total. The molecule has 0 heterocycles. The minimum Gasteiger partial charge on any atom is -0.167 e. The fraction of sp³-hybridized carbons (Fsp3) is 0.500. The fourth-order valence-electron chi connectivity index (χ4n) is 3.27.